The van der Waals surface area contributed by atoms with Crippen LogP contribution in [0.2, 0.25) is 0 Å². The van der Waals surface area contributed by atoms with Crippen molar-refractivity contribution in [3.63, 3.8) is 0 Å². The predicted octanol–water partition coefficient (Wildman–Crippen LogP) is 2.59. The second kappa shape index (κ2) is 5.33. The van der Waals surface area contributed by atoms with Gasteiger partial charge in [-0.15, -0.1) is 0 Å². The molecule has 1 nitrogen and oxygen atoms in total. The maximum absolute atomic E-state index is 6.50. The van der Waals surface area contributed by atoms with E-state index < -0.39 is 0 Å². The molecule has 0 bridgehead atoms. The van der Waals surface area contributed by atoms with Crippen LogP contribution in [0.4, 0.5) is 0 Å². The summed E-state index contributed by atoms with van der Waals surface area (Å²) < 4.78 is 1.13. The van der Waals surface area contributed by atoms with Gasteiger partial charge in [-0.1, -0.05) is 34.1 Å². The van der Waals surface area contributed by atoms with Crippen LogP contribution in [-0.2, 0) is 0 Å². The molecule has 0 fully saturated rings. The fourth-order valence-electron chi connectivity index (χ4n) is 0.415. The second-order valence-corrected chi connectivity index (χ2v) is 2.21. The minimum Gasteiger partial charge on any atom is -0.202 e. The average Bonchev–Trinajstić information content (AvgIpc) is 1.94. The van der Waals surface area contributed by atoms with E-state index in [0.29, 0.717) is 0 Å². The quantitative estimate of drug-likeness (QED) is 0.607. The molecule has 0 aliphatic heterocycles. The zero-order chi connectivity index (χ0) is 7.11. The van der Waals surface area contributed by atoms with Crippen molar-refractivity contribution in [3.8, 4) is 6.57 Å². The molecule has 0 atom stereocenters. The Balaban J connectivity index is 0.000000291. The number of nitrogens with zero attached hydrogens (tertiary/aromatic N) is 1. The van der Waals surface area contributed by atoms with E-state index in [2.05, 4.69) is 22.5 Å². The Morgan fingerprint density at radius 3 is 1.78 bits per heavy atom. The number of rotatable bonds is 0. The van der Waals surface area contributed by atoms with Crippen LogP contribution < -0.4 is 0 Å². The van der Waals surface area contributed by atoms with E-state index >= 15 is 0 Å². The van der Waals surface area contributed by atoms with Gasteiger partial charge in [0.2, 0.25) is 0 Å². The highest BCUT2D eigenvalue weighted by Gasteiger charge is 1.74. The van der Waals surface area contributed by atoms with Crippen LogP contribution in [0.5, 0.6) is 0 Å². The smallest absolute Gasteiger partial charge is 0.0462 e. The highest BCUT2D eigenvalue weighted by Crippen LogP contribution is 2.05. The normalized spacial score (nSPS) is 7.00. The summed E-state index contributed by atoms with van der Waals surface area (Å²) in [5.41, 5.74) is 0. The Kier molecular flexibility index (Phi) is 4.85. The molecule has 0 heterocycles. The van der Waals surface area contributed by atoms with E-state index in [-0.39, 0.29) is 0 Å². The van der Waals surface area contributed by atoms with Crippen LogP contribution in [-0.4, -0.2) is 0 Å². The van der Waals surface area contributed by atoms with Crippen molar-refractivity contribution in [2.45, 2.75) is 0 Å². The van der Waals surface area contributed by atoms with Crippen LogP contribution in [0, 0.1) is 11.8 Å². The van der Waals surface area contributed by atoms with Gasteiger partial charge in [-0.05, 0) is 12.1 Å². The van der Waals surface area contributed by atoms with Crippen LogP contribution in [0.3, 0.4) is 0 Å². The molecule has 0 radical (unpaired) electrons. The SMILES string of the molecule is Brc1ccccc1.C#N. The molecular weight excluding hydrogens is 178 g/mol. The van der Waals surface area contributed by atoms with Crippen molar-refractivity contribution < 1.29 is 0 Å². The number of nitriles is 1. The fraction of sp³-hybridized carbons (Fsp3) is 0. The van der Waals surface area contributed by atoms with Crippen molar-refractivity contribution in [1.82, 2.24) is 0 Å². The summed E-state index contributed by atoms with van der Waals surface area (Å²) in [4.78, 5) is 0. The third kappa shape index (κ3) is 3.75. The van der Waals surface area contributed by atoms with Gasteiger partial charge in [0, 0.05) is 11.0 Å². The van der Waals surface area contributed by atoms with Gasteiger partial charge >= 0.3 is 0 Å². The maximum atomic E-state index is 6.50. The molecule has 0 amide bonds. The molecule has 1 aromatic carbocycles. The molecule has 1 rings (SSSR count). The third-order valence-electron chi connectivity index (χ3n) is 0.733. The van der Waals surface area contributed by atoms with Gasteiger partial charge in [-0.2, -0.15) is 0 Å². The molecule has 0 aliphatic rings. The first-order valence-corrected chi connectivity index (χ1v) is 3.15. The van der Waals surface area contributed by atoms with E-state index in [9.17, 15) is 0 Å². The van der Waals surface area contributed by atoms with Gasteiger partial charge < -0.3 is 0 Å². The molecule has 2 heteroatoms. The number of hydrogen-bond donors (Lipinski definition) is 0. The Hall–Kier alpha value is -0.810. The highest BCUT2D eigenvalue weighted by atomic mass is 79.9. The summed E-state index contributed by atoms with van der Waals surface area (Å²) in [6.45, 7) is 3.50. The summed E-state index contributed by atoms with van der Waals surface area (Å²) >= 11 is 3.31. The van der Waals surface area contributed by atoms with Gasteiger partial charge in [0.15, 0.2) is 0 Å². The molecular formula is C7H6BrN. The largest absolute Gasteiger partial charge is 0.202 e. The molecule has 0 saturated carbocycles. The number of halogens is 1. The zero-order valence-corrected chi connectivity index (χ0v) is 6.38. The highest BCUT2D eigenvalue weighted by molar-refractivity contribution is 9.10. The zero-order valence-electron chi connectivity index (χ0n) is 4.79. The van der Waals surface area contributed by atoms with Gasteiger partial charge in [0.05, 0.1) is 0 Å². The lowest BCUT2D eigenvalue weighted by Crippen LogP contribution is -1.55. The first kappa shape index (κ1) is 8.19. The van der Waals surface area contributed by atoms with Crippen molar-refractivity contribution in [3.05, 3.63) is 34.8 Å². The third-order valence-corrected chi connectivity index (χ3v) is 1.26. The Morgan fingerprint density at radius 1 is 1.11 bits per heavy atom. The van der Waals surface area contributed by atoms with E-state index in [1.165, 1.54) is 0 Å². The first-order chi connectivity index (χ1) is 4.39. The monoisotopic (exact) mass is 183 g/mol. The standard InChI is InChI=1S/C6H5Br.CHN/c7-6-4-2-1-3-5-6;1-2/h1-5H;1H. The Bertz CT molecular complexity index is 169. The van der Waals surface area contributed by atoms with Crippen LogP contribution in [0.15, 0.2) is 34.8 Å². The topological polar surface area (TPSA) is 23.8 Å². The molecule has 0 unspecified atom stereocenters. The molecule has 46 valence electrons. The van der Waals surface area contributed by atoms with Gasteiger partial charge in [0.1, 0.15) is 0 Å². The fourth-order valence-corrected chi connectivity index (χ4v) is 0.720. The number of benzene rings is 1. The Labute approximate surface area is 63.1 Å². The number of hydrogen-bond acceptors (Lipinski definition) is 1. The lowest BCUT2D eigenvalue weighted by molar-refractivity contribution is 1.58. The average molecular weight is 184 g/mol. The summed E-state index contributed by atoms with van der Waals surface area (Å²) in [7, 11) is 0. The first-order valence-electron chi connectivity index (χ1n) is 2.36. The summed E-state index contributed by atoms with van der Waals surface area (Å²) in [6, 6.07) is 9.97. The molecule has 0 spiro atoms. The summed E-state index contributed by atoms with van der Waals surface area (Å²) in [5.74, 6) is 0. The van der Waals surface area contributed by atoms with E-state index in [1.807, 2.05) is 30.3 Å². The van der Waals surface area contributed by atoms with Gasteiger partial charge in [0.25, 0.3) is 0 Å². The molecule has 0 N–H and O–H groups in total. The van der Waals surface area contributed by atoms with E-state index in [1.54, 1.807) is 0 Å². The van der Waals surface area contributed by atoms with Crippen molar-refractivity contribution in [2.24, 2.45) is 0 Å². The molecule has 0 saturated heterocycles. The minimum absolute atomic E-state index is 1.13. The second-order valence-electron chi connectivity index (χ2n) is 1.30. The summed E-state index contributed by atoms with van der Waals surface area (Å²) in [5, 5.41) is 6.50. The van der Waals surface area contributed by atoms with Crippen molar-refractivity contribution in [1.29, 1.82) is 5.26 Å². The van der Waals surface area contributed by atoms with E-state index in [4.69, 9.17) is 5.26 Å². The lowest BCUT2D eigenvalue weighted by atomic mass is 10.4. The van der Waals surface area contributed by atoms with Crippen molar-refractivity contribution in [2.75, 3.05) is 0 Å². The molecule has 1 aromatic rings. The Morgan fingerprint density at radius 2 is 1.56 bits per heavy atom. The van der Waals surface area contributed by atoms with Crippen molar-refractivity contribution >= 4 is 15.9 Å². The van der Waals surface area contributed by atoms with Gasteiger partial charge in [-0.25, -0.2) is 5.26 Å². The maximum Gasteiger partial charge on any atom is 0.0462 e. The van der Waals surface area contributed by atoms with Crippen LogP contribution >= 0.6 is 15.9 Å². The van der Waals surface area contributed by atoms with Gasteiger partial charge in [-0.3, -0.25) is 0 Å². The molecule has 0 aromatic heterocycles. The van der Waals surface area contributed by atoms with Crippen LogP contribution in [0.25, 0.3) is 0 Å². The van der Waals surface area contributed by atoms with E-state index in [0.717, 1.165) is 4.47 Å². The summed E-state index contributed by atoms with van der Waals surface area (Å²) in [6.07, 6.45) is 0. The lowest BCUT2D eigenvalue weighted by Gasteiger charge is -1.80. The minimum atomic E-state index is 1.13. The molecule has 9 heavy (non-hydrogen) atoms. The molecule has 0 aliphatic carbocycles. The van der Waals surface area contributed by atoms with Crippen LogP contribution in [0.1, 0.15) is 0 Å². The predicted molar refractivity (Wildman–Crippen MR) is 40.8 cm³/mol.